The molecular weight excluding hydrogens is 332 g/mol. The van der Waals surface area contributed by atoms with Gasteiger partial charge in [0, 0.05) is 12.1 Å². The minimum absolute atomic E-state index is 0.118. The summed E-state index contributed by atoms with van der Waals surface area (Å²) in [6.07, 6.45) is 11.4. The fourth-order valence-corrected chi connectivity index (χ4v) is 7.44. The van der Waals surface area contributed by atoms with Crippen LogP contribution in [0.1, 0.15) is 75.3 Å². The zero-order chi connectivity index (χ0) is 18.6. The molecule has 5 fully saturated rings. The standard InChI is InChI=1S/C24H34N2O/c1-16-3-2-4-19(9-16)23-11-17-10-18(12-23)14-24(13-17,15-23)22(27)26-21-7-5-20(25)6-8-21/h2-4,9,17-18,20-21H,5-8,10-15,25H2,1H3,(H,26,27)/t17?,18?,20-,21-,23?,24?. The summed E-state index contributed by atoms with van der Waals surface area (Å²) in [6, 6.07) is 9.80. The molecule has 0 radical (unpaired) electrons. The monoisotopic (exact) mass is 366 g/mol. The van der Waals surface area contributed by atoms with Gasteiger partial charge in [-0.05, 0) is 93.9 Å². The highest BCUT2D eigenvalue weighted by Crippen LogP contribution is 2.65. The Balaban J connectivity index is 1.40. The van der Waals surface area contributed by atoms with Gasteiger partial charge >= 0.3 is 0 Å². The smallest absolute Gasteiger partial charge is 0.226 e. The molecule has 0 heterocycles. The number of benzene rings is 1. The number of carbonyl (C=O) groups excluding carboxylic acids is 1. The Morgan fingerprint density at radius 2 is 1.78 bits per heavy atom. The van der Waals surface area contributed by atoms with E-state index in [2.05, 4.69) is 36.5 Å². The molecule has 146 valence electrons. The van der Waals surface area contributed by atoms with Crippen molar-refractivity contribution < 1.29 is 4.79 Å². The molecule has 5 aliphatic carbocycles. The van der Waals surface area contributed by atoms with Crippen molar-refractivity contribution in [1.82, 2.24) is 5.32 Å². The zero-order valence-corrected chi connectivity index (χ0v) is 16.7. The number of nitrogens with two attached hydrogens (primary N) is 1. The van der Waals surface area contributed by atoms with Crippen molar-refractivity contribution in [1.29, 1.82) is 0 Å². The molecule has 3 nitrogen and oxygen atoms in total. The van der Waals surface area contributed by atoms with E-state index in [0.717, 1.165) is 56.8 Å². The molecule has 2 atom stereocenters. The molecule has 1 amide bonds. The molecule has 2 unspecified atom stereocenters. The maximum atomic E-state index is 13.5. The van der Waals surface area contributed by atoms with E-state index < -0.39 is 0 Å². The van der Waals surface area contributed by atoms with E-state index >= 15 is 0 Å². The van der Waals surface area contributed by atoms with Crippen LogP contribution in [0.25, 0.3) is 0 Å². The highest BCUT2D eigenvalue weighted by molar-refractivity contribution is 5.84. The van der Waals surface area contributed by atoms with Gasteiger partial charge in [0.05, 0.1) is 5.41 Å². The van der Waals surface area contributed by atoms with E-state index in [4.69, 9.17) is 5.73 Å². The van der Waals surface area contributed by atoms with Gasteiger partial charge in [-0.15, -0.1) is 0 Å². The Kier molecular flexibility index (Phi) is 4.16. The highest BCUT2D eigenvalue weighted by Gasteiger charge is 2.61. The Morgan fingerprint density at radius 3 is 2.44 bits per heavy atom. The first-order chi connectivity index (χ1) is 13.0. The average molecular weight is 367 g/mol. The molecular formula is C24H34N2O. The van der Waals surface area contributed by atoms with Crippen LogP contribution in [0.2, 0.25) is 0 Å². The normalized spacial score (nSPS) is 42.9. The van der Waals surface area contributed by atoms with Gasteiger partial charge < -0.3 is 11.1 Å². The molecule has 27 heavy (non-hydrogen) atoms. The fourth-order valence-electron chi connectivity index (χ4n) is 7.44. The number of rotatable bonds is 3. The van der Waals surface area contributed by atoms with Gasteiger partial charge in [0.25, 0.3) is 0 Å². The van der Waals surface area contributed by atoms with Crippen molar-refractivity contribution in [3.63, 3.8) is 0 Å². The van der Waals surface area contributed by atoms with Crippen molar-refractivity contribution in [2.45, 2.75) is 88.6 Å². The first kappa shape index (κ1) is 17.7. The van der Waals surface area contributed by atoms with E-state index in [1.807, 2.05) is 0 Å². The summed E-state index contributed by atoms with van der Waals surface area (Å²) in [5.41, 5.74) is 9.02. The summed E-state index contributed by atoms with van der Waals surface area (Å²) in [6.45, 7) is 2.19. The van der Waals surface area contributed by atoms with Gasteiger partial charge in [-0.25, -0.2) is 0 Å². The third-order valence-electron chi connectivity index (χ3n) is 8.28. The molecule has 1 aromatic rings. The summed E-state index contributed by atoms with van der Waals surface area (Å²) in [7, 11) is 0. The van der Waals surface area contributed by atoms with Crippen molar-refractivity contribution in [2.24, 2.45) is 23.0 Å². The Morgan fingerprint density at radius 1 is 1.07 bits per heavy atom. The second kappa shape index (κ2) is 6.34. The second-order valence-corrected chi connectivity index (χ2v) is 10.5. The van der Waals surface area contributed by atoms with Crippen LogP contribution < -0.4 is 11.1 Å². The van der Waals surface area contributed by atoms with Gasteiger partial charge in [-0.2, -0.15) is 0 Å². The van der Waals surface area contributed by atoms with E-state index in [1.54, 1.807) is 0 Å². The Labute approximate surface area is 163 Å². The summed E-state index contributed by atoms with van der Waals surface area (Å²) in [4.78, 5) is 13.5. The van der Waals surface area contributed by atoms with Crippen molar-refractivity contribution >= 4 is 5.91 Å². The lowest BCUT2D eigenvalue weighted by molar-refractivity contribution is -0.150. The van der Waals surface area contributed by atoms with Gasteiger partial charge in [-0.1, -0.05) is 29.8 Å². The number of carbonyl (C=O) groups is 1. The SMILES string of the molecule is Cc1cccc(C23CC4CC(CC(C(=O)N[C@H]5CC[C@H](N)CC5)(C4)C2)C3)c1. The number of hydrogen-bond acceptors (Lipinski definition) is 2. The quantitative estimate of drug-likeness (QED) is 0.841. The lowest BCUT2D eigenvalue weighted by Crippen LogP contribution is -2.60. The third-order valence-corrected chi connectivity index (χ3v) is 8.28. The topological polar surface area (TPSA) is 55.1 Å². The van der Waals surface area contributed by atoms with Crippen molar-refractivity contribution in [3.05, 3.63) is 35.4 Å². The van der Waals surface area contributed by atoms with E-state index in [1.165, 1.54) is 30.4 Å². The van der Waals surface area contributed by atoms with Gasteiger partial charge in [-0.3, -0.25) is 4.79 Å². The van der Waals surface area contributed by atoms with Crippen LogP contribution in [0.15, 0.2) is 24.3 Å². The van der Waals surface area contributed by atoms with E-state index in [-0.39, 0.29) is 10.8 Å². The zero-order valence-electron chi connectivity index (χ0n) is 16.7. The first-order valence-electron chi connectivity index (χ1n) is 11.1. The average Bonchev–Trinajstić information content (AvgIpc) is 2.62. The number of aryl methyl sites for hydroxylation is 1. The van der Waals surface area contributed by atoms with Crippen molar-refractivity contribution in [3.8, 4) is 0 Å². The summed E-state index contributed by atoms with van der Waals surface area (Å²) in [5.74, 6) is 1.84. The maximum absolute atomic E-state index is 13.5. The summed E-state index contributed by atoms with van der Waals surface area (Å²) in [5, 5.41) is 3.48. The predicted molar refractivity (Wildman–Crippen MR) is 108 cm³/mol. The molecule has 0 aliphatic heterocycles. The van der Waals surface area contributed by atoms with E-state index in [0.29, 0.717) is 18.0 Å². The van der Waals surface area contributed by atoms with Gasteiger partial charge in [0.15, 0.2) is 0 Å². The summed E-state index contributed by atoms with van der Waals surface area (Å²) < 4.78 is 0. The lowest BCUT2D eigenvalue weighted by atomic mass is 9.42. The highest BCUT2D eigenvalue weighted by atomic mass is 16.2. The van der Waals surface area contributed by atoms with Crippen LogP contribution in [0.5, 0.6) is 0 Å². The molecule has 5 saturated carbocycles. The molecule has 3 heteroatoms. The lowest BCUT2D eigenvalue weighted by Gasteiger charge is -2.61. The van der Waals surface area contributed by atoms with Gasteiger partial charge in [0.2, 0.25) is 5.91 Å². The van der Waals surface area contributed by atoms with E-state index in [9.17, 15) is 4.79 Å². The maximum Gasteiger partial charge on any atom is 0.226 e. The second-order valence-electron chi connectivity index (χ2n) is 10.5. The minimum Gasteiger partial charge on any atom is -0.353 e. The molecule has 1 aromatic carbocycles. The van der Waals surface area contributed by atoms with Crippen LogP contribution in [0.3, 0.4) is 0 Å². The predicted octanol–water partition coefficient (Wildman–Crippen LogP) is 4.22. The number of amides is 1. The first-order valence-corrected chi connectivity index (χ1v) is 11.1. The minimum atomic E-state index is -0.118. The molecule has 0 aromatic heterocycles. The van der Waals surface area contributed by atoms with Crippen LogP contribution in [0.4, 0.5) is 0 Å². The molecule has 3 N–H and O–H groups in total. The fraction of sp³-hybridized carbons (Fsp3) is 0.708. The Hall–Kier alpha value is -1.35. The van der Waals surface area contributed by atoms with Crippen molar-refractivity contribution in [2.75, 3.05) is 0 Å². The number of hydrogen-bond donors (Lipinski definition) is 2. The molecule has 0 saturated heterocycles. The molecule has 5 aliphatic rings. The molecule has 4 bridgehead atoms. The number of nitrogens with one attached hydrogen (secondary N) is 1. The van der Waals surface area contributed by atoms with Crippen LogP contribution in [-0.2, 0) is 10.2 Å². The van der Waals surface area contributed by atoms with Crippen LogP contribution >= 0.6 is 0 Å². The van der Waals surface area contributed by atoms with Crippen LogP contribution in [-0.4, -0.2) is 18.0 Å². The van der Waals surface area contributed by atoms with Gasteiger partial charge in [0.1, 0.15) is 0 Å². The third kappa shape index (κ3) is 3.03. The van der Waals surface area contributed by atoms with Crippen LogP contribution in [0, 0.1) is 24.2 Å². The molecule has 6 rings (SSSR count). The summed E-state index contributed by atoms with van der Waals surface area (Å²) >= 11 is 0. The molecule has 0 spiro atoms. The largest absolute Gasteiger partial charge is 0.353 e. The Bertz CT molecular complexity index is 720.